The van der Waals surface area contributed by atoms with Crippen LogP contribution in [0.2, 0.25) is 0 Å². The topological polar surface area (TPSA) is 29.1 Å². The molecule has 1 aromatic carbocycles. The number of rotatable bonds is 4. The van der Waals surface area contributed by atoms with E-state index in [1.165, 1.54) is 5.56 Å². The number of amides is 1. The second-order valence-electron chi connectivity index (χ2n) is 8.72. The number of nitrogens with one attached hydrogen (secondary N) is 1. The normalized spacial score (nSPS) is 15.3. The van der Waals surface area contributed by atoms with E-state index in [2.05, 4.69) is 65.9 Å². The Labute approximate surface area is 136 Å². The second-order valence-corrected chi connectivity index (χ2v) is 8.72. The molecule has 0 heterocycles. The molecular weight excluding hydrogens is 270 g/mol. The number of hydrogen-bond donors (Lipinski definition) is 1. The van der Waals surface area contributed by atoms with E-state index in [0.717, 1.165) is 12.1 Å². The summed E-state index contributed by atoms with van der Waals surface area (Å²) in [5, 5.41) is 3.04. The van der Waals surface area contributed by atoms with Crippen LogP contribution in [-0.4, -0.2) is 5.91 Å². The van der Waals surface area contributed by atoms with Gasteiger partial charge in [0.25, 0.3) is 0 Å². The summed E-state index contributed by atoms with van der Waals surface area (Å²) in [6.07, 6.45) is 0.912. The molecular formula is C20H33NO. The van der Waals surface area contributed by atoms with Gasteiger partial charge in [-0.15, -0.1) is 0 Å². The number of hydrogen-bond acceptors (Lipinski definition) is 1. The Bertz CT molecular complexity index is 488. The van der Waals surface area contributed by atoms with Crippen LogP contribution in [0, 0.1) is 17.3 Å². The molecule has 0 saturated carbocycles. The molecule has 1 N–H and O–H groups in total. The molecule has 22 heavy (non-hydrogen) atoms. The van der Waals surface area contributed by atoms with Gasteiger partial charge < -0.3 is 5.32 Å². The number of anilines is 1. The lowest BCUT2D eigenvalue weighted by molar-refractivity contribution is -0.120. The van der Waals surface area contributed by atoms with Crippen LogP contribution in [0.5, 0.6) is 0 Å². The van der Waals surface area contributed by atoms with Gasteiger partial charge in [-0.05, 0) is 40.9 Å². The van der Waals surface area contributed by atoms with Crippen molar-refractivity contribution >= 4 is 11.6 Å². The molecule has 1 amide bonds. The predicted molar refractivity (Wildman–Crippen MR) is 96.2 cm³/mol. The molecule has 0 aliphatic rings. The molecule has 0 aliphatic carbocycles. The molecule has 0 fully saturated rings. The van der Waals surface area contributed by atoms with Crippen molar-refractivity contribution in [2.24, 2.45) is 17.3 Å². The van der Waals surface area contributed by atoms with Gasteiger partial charge in [-0.3, -0.25) is 4.79 Å². The van der Waals surface area contributed by atoms with Gasteiger partial charge in [0.05, 0.1) is 0 Å². The summed E-state index contributed by atoms with van der Waals surface area (Å²) in [5.41, 5.74) is 2.54. The molecule has 0 saturated heterocycles. The van der Waals surface area contributed by atoms with Crippen LogP contribution in [0.3, 0.4) is 0 Å². The van der Waals surface area contributed by atoms with E-state index in [4.69, 9.17) is 0 Å². The minimum absolute atomic E-state index is 0.0246. The van der Waals surface area contributed by atoms with Crippen LogP contribution in [0.25, 0.3) is 0 Å². The average Bonchev–Trinajstić information content (AvgIpc) is 2.36. The molecule has 0 spiro atoms. The third-order valence-electron chi connectivity index (χ3n) is 4.65. The predicted octanol–water partition coefficient (Wildman–Crippen LogP) is 5.63. The smallest absolute Gasteiger partial charge is 0.227 e. The summed E-state index contributed by atoms with van der Waals surface area (Å²) >= 11 is 0. The van der Waals surface area contributed by atoms with Gasteiger partial charge in [-0.1, -0.05) is 67.5 Å². The molecule has 2 atom stereocenters. The maximum Gasteiger partial charge on any atom is 0.227 e. The summed E-state index contributed by atoms with van der Waals surface area (Å²) in [6.45, 7) is 17.5. The van der Waals surface area contributed by atoms with Crippen molar-refractivity contribution in [2.75, 3.05) is 5.32 Å². The summed E-state index contributed by atoms with van der Waals surface area (Å²) in [7, 11) is 0. The Morgan fingerprint density at radius 2 is 1.50 bits per heavy atom. The Morgan fingerprint density at radius 1 is 1.00 bits per heavy atom. The van der Waals surface area contributed by atoms with E-state index in [1.54, 1.807) is 0 Å². The molecule has 2 heteroatoms. The summed E-state index contributed by atoms with van der Waals surface area (Å²) in [4.78, 5) is 12.3. The molecule has 0 radical (unpaired) electrons. The van der Waals surface area contributed by atoms with Gasteiger partial charge in [0.15, 0.2) is 0 Å². The minimum Gasteiger partial charge on any atom is -0.326 e. The highest BCUT2D eigenvalue weighted by Gasteiger charge is 2.25. The van der Waals surface area contributed by atoms with Gasteiger partial charge >= 0.3 is 0 Å². The SMILES string of the molecule is CC(CC(C)C(C)(C)C)C(=O)Nc1ccc(C(C)(C)C)cc1. The highest BCUT2D eigenvalue weighted by Crippen LogP contribution is 2.31. The number of carbonyl (C=O) groups is 1. The fraction of sp³-hybridized carbons (Fsp3) is 0.650. The molecule has 0 aliphatic heterocycles. The van der Waals surface area contributed by atoms with E-state index in [1.807, 2.05) is 19.1 Å². The molecule has 2 unspecified atom stereocenters. The maximum absolute atomic E-state index is 12.3. The fourth-order valence-corrected chi connectivity index (χ4v) is 2.31. The van der Waals surface area contributed by atoms with Crippen molar-refractivity contribution in [2.45, 2.75) is 67.2 Å². The van der Waals surface area contributed by atoms with E-state index in [9.17, 15) is 4.79 Å². The first-order valence-corrected chi connectivity index (χ1v) is 8.32. The quantitative estimate of drug-likeness (QED) is 0.767. The standard InChI is InChI=1S/C20H33NO/c1-14(13-15(2)19(3,4)5)18(22)21-17-11-9-16(10-12-17)20(6,7)8/h9-12,14-15H,13H2,1-8H3,(H,21,22). The van der Waals surface area contributed by atoms with Crippen LogP contribution >= 0.6 is 0 Å². The first kappa shape index (κ1) is 18.7. The lowest BCUT2D eigenvalue weighted by Gasteiger charge is -2.29. The van der Waals surface area contributed by atoms with E-state index >= 15 is 0 Å². The van der Waals surface area contributed by atoms with Gasteiger partial charge in [-0.25, -0.2) is 0 Å². The van der Waals surface area contributed by atoms with Crippen LogP contribution in [0.4, 0.5) is 5.69 Å². The Balaban J connectivity index is 2.65. The van der Waals surface area contributed by atoms with E-state index < -0.39 is 0 Å². The zero-order valence-corrected chi connectivity index (χ0v) is 15.6. The maximum atomic E-state index is 12.3. The zero-order valence-electron chi connectivity index (χ0n) is 15.6. The highest BCUT2D eigenvalue weighted by atomic mass is 16.1. The monoisotopic (exact) mass is 303 g/mol. The summed E-state index contributed by atoms with van der Waals surface area (Å²) < 4.78 is 0. The van der Waals surface area contributed by atoms with E-state index in [0.29, 0.717) is 5.92 Å². The third kappa shape index (κ3) is 5.47. The number of benzene rings is 1. The molecule has 124 valence electrons. The van der Waals surface area contributed by atoms with Crippen molar-refractivity contribution < 1.29 is 4.79 Å². The fourth-order valence-electron chi connectivity index (χ4n) is 2.31. The van der Waals surface area contributed by atoms with E-state index in [-0.39, 0.29) is 22.7 Å². The average molecular weight is 303 g/mol. The largest absolute Gasteiger partial charge is 0.326 e. The van der Waals surface area contributed by atoms with Crippen molar-refractivity contribution in [3.05, 3.63) is 29.8 Å². The molecule has 0 bridgehead atoms. The van der Waals surface area contributed by atoms with Crippen LogP contribution in [-0.2, 0) is 10.2 Å². The van der Waals surface area contributed by atoms with Crippen molar-refractivity contribution in [1.29, 1.82) is 0 Å². The first-order valence-electron chi connectivity index (χ1n) is 8.32. The molecule has 1 rings (SSSR count). The first-order chi connectivity index (χ1) is 9.91. The Kier molecular flexibility index (Phi) is 5.83. The van der Waals surface area contributed by atoms with Gasteiger partial charge in [-0.2, -0.15) is 0 Å². The molecule has 2 nitrogen and oxygen atoms in total. The summed E-state index contributed by atoms with van der Waals surface area (Å²) in [5.74, 6) is 0.646. The minimum atomic E-state index is 0.0246. The summed E-state index contributed by atoms with van der Waals surface area (Å²) in [6, 6.07) is 8.19. The Hall–Kier alpha value is -1.31. The lowest BCUT2D eigenvalue weighted by Crippen LogP contribution is -2.26. The van der Waals surface area contributed by atoms with Crippen molar-refractivity contribution in [3.8, 4) is 0 Å². The number of carbonyl (C=O) groups excluding carboxylic acids is 1. The van der Waals surface area contributed by atoms with Gasteiger partial charge in [0.2, 0.25) is 5.91 Å². The van der Waals surface area contributed by atoms with Crippen molar-refractivity contribution in [3.63, 3.8) is 0 Å². The van der Waals surface area contributed by atoms with Crippen molar-refractivity contribution in [1.82, 2.24) is 0 Å². The van der Waals surface area contributed by atoms with Gasteiger partial charge in [0, 0.05) is 11.6 Å². The lowest BCUT2D eigenvalue weighted by atomic mass is 9.77. The third-order valence-corrected chi connectivity index (χ3v) is 4.65. The molecule has 1 aromatic rings. The van der Waals surface area contributed by atoms with Gasteiger partial charge in [0.1, 0.15) is 0 Å². The zero-order chi connectivity index (χ0) is 17.1. The molecule has 0 aromatic heterocycles. The van der Waals surface area contributed by atoms with Crippen LogP contribution in [0.15, 0.2) is 24.3 Å². The Morgan fingerprint density at radius 3 is 1.91 bits per heavy atom. The van der Waals surface area contributed by atoms with Crippen LogP contribution in [0.1, 0.15) is 67.4 Å². The van der Waals surface area contributed by atoms with Crippen LogP contribution < -0.4 is 5.32 Å². The highest BCUT2D eigenvalue weighted by molar-refractivity contribution is 5.92. The second kappa shape index (κ2) is 6.85.